The zero-order chi connectivity index (χ0) is 9.94. The first-order valence-electron chi connectivity index (χ1n) is 5.28. The van der Waals surface area contributed by atoms with Crippen molar-refractivity contribution < 1.29 is 0 Å². The second-order valence-corrected chi connectivity index (χ2v) is 4.55. The SMILES string of the molecule is CCNCCNCCC(C)CCI. The summed E-state index contributed by atoms with van der Waals surface area (Å²) in [6, 6.07) is 0. The van der Waals surface area contributed by atoms with Crippen LogP contribution in [0.1, 0.15) is 26.7 Å². The largest absolute Gasteiger partial charge is 0.316 e. The molecule has 0 aromatic rings. The van der Waals surface area contributed by atoms with Gasteiger partial charge in [0.05, 0.1) is 0 Å². The first kappa shape index (κ1) is 13.7. The summed E-state index contributed by atoms with van der Waals surface area (Å²) in [5, 5.41) is 6.74. The van der Waals surface area contributed by atoms with E-state index in [9.17, 15) is 0 Å². The van der Waals surface area contributed by atoms with Crippen molar-refractivity contribution in [2.75, 3.05) is 30.6 Å². The zero-order valence-corrected chi connectivity index (χ0v) is 11.1. The molecule has 0 radical (unpaired) electrons. The summed E-state index contributed by atoms with van der Waals surface area (Å²) in [5.41, 5.74) is 0. The molecule has 1 atom stereocenters. The van der Waals surface area contributed by atoms with Gasteiger partial charge in [0.15, 0.2) is 0 Å². The minimum atomic E-state index is 0.878. The van der Waals surface area contributed by atoms with Crippen LogP contribution in [0, 0.1) is 5.92 Å². The summed E-state index contributed by atoms with van der Waals surface area (Å²) in [6.07, 6.45) is 2.67. The molecule has 0 amide bonds. The second kappa shape index (κ2) is 10.7. The van der Waals surface area contributed by atoms with Crippen molar-refractivity contribution in [1.82, 2.24) is 10.6 Å². The normalized spacial score (nSPS) is 13.2. The molecule has 3 heteroatoms. The van der Waals surface area contributed by atoms with E-state index in [1.54, 1.807) is 0 Å². The van der Waals surface area contributed by atoms with Crippen molar-refractivity contribution in [1.29, 1.82) is 0 Å². The molecule has 13 heavy (non-hydrogen) atoms. The topological polar surface area (TPSA) is 24.1 Å². The van der Waals surface area contributed by atoms with Crippen LogP contribution in [0.25, 0.3) is 0 Å². The summed E-state index contributed by atoms with van der Waals surface area (Å²) < 4.78 is 1.29. The highest BCUT2D eigenvalue weighted by molar-refractivity contribution is 14.1. The fourth-order valence-electron chi connectivity index (χ4n) is 1.16. The number of rotatable bonds is 9. The fraction of sp³-hybridized carbons (Fsp3) is 1.00. The fourth-order valence-corrected chi connectivity index (χ4v) is 2.22. The molecule has 0 spiro atoms. The van der Waals surface area contributed by atoms with Crippen molar-refractivity contribution in [3.05, 3.63) is 0 Å². The molecule has 0 saturated carbocycles. The molecular formula is C10H23IN2. The van der Waals surface area contributed by atoms with E-state index in [-0.39, 0.29) is 0 Å². The van der Waals surface area contributed by atoms with Crippen LogP contribution in [0.15, 0.2) is 0 Å². The Bertz CT molecular complexity index is 98.9. The van der Waals surface area contributed by atoms with Crippen molar-refractivity contribution >= 4 is 22.6 Å². The van der Waals surface area contributed by atoms with Crippen molar-refractivity contribution in [2.24, 2.45) is 5.92 Å². The maximum Gasteiger partial charge on any atom is 0.00767 e. The van der Waals surface area contributed by atoms with E-state index in [1.165, 1.54) is 23.8 Å². The Balaban J connectivity index is 2.97. The predicted molar refractivity (Wildman–Crippen MR) is 68.7 cm³/mol. The van der Waals surface area contributed by atoms with Crippen LogP contribution in [-0.4, -0.2) is 30.6 Å². The Kier molecular flexibility index (Phi) is 11.3. The van der Waals surface area contributed by atoms with Crippen molar-refractivity contribution in [3.8, 4) is 0 Å². The molecule has 0 heterocycles. The molecule has 0 aromatic heterocycles. The Morgan fingerprint density at radius 3 is 2.38 bits per heavy atom. The molecular weight excluding hydrogens is 275 g/mol. The highest BCUT2D eigenvalue weighted by Gasteiger charge is 1.99. The van der Waals surface area contributed by atoms with Crippen LogP contribution in [0.5, 0.6) is 0 Å². The third-order valence-corrected chi connectivity index (χ3v) is 2.77. The van der Waals surface area contributed by atoms with Gasteiger partial charge in [0.25, 0.3) is 0 Å². The third kappa shape index (κ3) is 10.6. The van der Waals surface area contributed by atoms with Crippen LogP contribution < -0.4 is 10.6 Å². The van der Waals surface area contributed by atoms with Gasteiger partial charge in [-0.3, -0.25) is 0 Å². The van der Waals surface area contributed by atoms with E-state index in [4.69, 9.17) is 0 Å². The Morgan fingerprint density at radius 1 is 1.08 bits per heavy atom. The van der Waals surface area contributed by atoms with Gasteiger partial charge in [-0.2, -0.15) is 0 Å². The lowest BCUT2D eigenvalue weighted by atomic mass is 10.1. The van der Waals surface area contributed by atoms with Crippen LogP contribution in [0.4, 0.5) is 0 Å². The first-order chi connectivity index (χ1) is 6.31. The summed E-state index contributed by atoms with van der Waals surface area (Å²) in [4.78, 5) is 0. The first-order valence-corrected chi connectivity index (χ1v) is 6.81. The summed E-state index contributed by atoms with van der Waals surface area (Å²) in [6.45, 7) is 8.92. The second-order valence-electron chi connectivity index (χ2n) is 3.48. The minimum absolute atomic E-state index is 0.878. The van der Waals surface area contributed by atoms with Crippen molar-refractivity contribution in [3.63, 3.8) is 0 Å². The van der Waals surface area contributed by atoms with E-state index < -0.39 is 0 Å². The lowest BCUT2D eigenvalue weighted by molar-refractivity contribution is 0.490. The number of halogens is 1. The molecule has 0 bridgehead atoms. The van der Waals surface area contributed by atoms with Gasteiger partial charge in [-0.05, 0) is 36.3 Å². The molecule has 80 valence electrons. The Hall–Kier alpha value is 0.650. The van der Waals surface area contributed by atoms with E-state index >= 15 is 0 Å². The number of hydrogen-bond acceptors (Lipinski definition) is 2. The molecule has 0 aromatic carbocycles. The lowest BCUT2D eigenvalue weighted by Crippen LogP contribution is -2.28. The molecule has 0 aliphatic rings. The lowest BCUT2D eigenvalue weighted by Gasteiger charge is -2.10. The van der Waals surface area contributed by atoms with Gasteiger partial charge < -0.3 is 10.6 Å². The van der Waals surface area contributed by atoms with Crippen molar-refractivity contribution in [2.45, 2.75) is 26.7 Å². The standard InChI is InChI=1S/C10H23IN2/c1-3-12-8-9-13-7-5-10(2)4-6-11/h10,12-13H,3-9H2,1-2H3. The predicted octanol–water partition coefficient (Wildman–Crippen LogP) is 2.04. The number of alkyl halides is 1. The Labute approximate surface area is 96.4 Å². The van der Waals surface area contributed by atoms with Crippen LogP contribution in [0.3, 0.4) is 0 Å². The van der Waals surface area contributed by atoms with Gasteiger partial charge in [0, 0.05) is 13.1 Å². The Morgan fingerprint density at radius 2 is 1.77 bits per heavy atom. The van der Waals surface area contributed by atoms with Gasteiger partial charge in [-0.15, -0.1) is 0 Å². The van der Waals surface area contributed by atoms with E-state index in [1.807, 2.05) is 0 Å². The molecule has 2 nitrogen and oxygen atoms in total. The number of nitrogens with one attached hydrogen (secondary N) is 2. The molecule has 0 aliphatic heterocycles. The third-order valence-electron chi connectivity index (χ3n) is 2.14. The van der Waals surface area contributed by atoms with Crippen LogP contribution >= 0.6 is 22.6 Å². The van der Waals surface area contributed by atoms with Crippen LogP contribution in [0.2, 0.25) is 0 Å². The quantitative estimate of drug-likeness (QED) is 0.387. The summed E-state index contributed by atoms with van der Waals surface area (Å²) >= 11 is 2.45. The maximum absolute atomic E-state index is 3.44. The smallest absolute Gasteiger partial charge is 0.00767 e. The number of hydrogen-bond donors (Lipinski definition) is 2. The highest BCUT2D eigenvalue weighted by atomic mass is 127. The molecule has 0 rings (SSSR count). The summed E-state index contributed by atoms with van der Waals surface area (Å²) in [7, 11) is 0. The van der Waals surface area contributed by atoms with Gasteiger partial charge in [-0.1, -0.05) is 36.4 Å². The maximum atomic E-state index is 3.44. The van der Waals surface area contributed by atoms with Gasteiger partial charge in [-0.25, -0.2) is 0 Å². The monoisotopic (exact) mass is 298 g/mol. The average molecular weight is 298 g/mol. The highest BCUT2D eigenvalue weighted by Crippen LogP contribution is 2.07. The molecule has 1 unspecified atom stereocenters. The average Bonchev–Trinajstić information content (AvgIpc) is 2.11. The zero-order valence-electron chi connectivity index (χ0n) is 8.91. The van der Waals surface area contributed by atoms with E-state index in [2.05, 4.69) is 47.1 Å². The molecule has 0 fully saturated rings. The molecule has 0 aliphatic carbocycles. The van der Waals surface area contributed by atoms with Gasteiger partial charge >= 0.3 is 0 Å². The number of likely N-dealkylation sites (N-methyl/N-ethyl adjacent to an activating group) is 1. The summed E-state index contributed by atoms with van der Waals surface area (Å²) in [5.74, 6) is 0.878. The van der Waals surface area contributed by atoms with Crippen LogP contribution in [-0.2, 0) is 0 Å². The van der Waals surface area contributed by atoms with E-state index in [0.717, 1.165) is 25.6 Å². The van der Waals surface area contributed by atoms with Gasteiger partial charge in [0.1, 0.15) is 0 Å². The molecule has 0 saturated heterocycles. The van der Waals surface area contributed by atoms with Gasteiger partial charge in [0.2, 0.25) is 0 Å². The minimum Gasteiger partial charge on any atom is -0.316 e. The molecule has 2 N–H and O–H groups in total. The van der Waals surface area contributed by atoms with E-state index in [0.29, 0.717) is 0 Å².